The summed E-state index contributed by atoms with van der Waals surface area (Å²) in [5, 5.41) is 6.55. The summed E-state index contributed by atoms with van der Waals surface area (Å²) in [6.45, 7) is 4.42. The van der Waals surface area contributed by atoms with Gasteiger partial charge in [-0.05, 0) is 71.3 Å². The molecule has 0 spiro atoms. The minimum Gasteiger partial charge on any atom is -0.496 e. The van der Waals surface area contributed by atoms with Crippen molar-refractivity contribution < 1.29 is 19.0 Å². The van der Waals surface area contributed by atoms with Gasteiger partial charge >= 0.3 is 0 Å². The fourth-order valence-corrected chi connectivity index (χ4v) is 5.98. The van der Waals surface area contributed by atoms with Gasteiger partial charge in [-0.2, -0.15) is 0 Å². The zero-order valence-corrected chi connectivity index (χ0v) is 26.2. The SMILES string of the molecule is COc1cc(-c2ccc3c(c2)Nc2ccc(CCOc4ccc(N5CCOCC5)cc4)cc2NC3=O)ccc1Cn1ccc(=O)cc1. The predicted molar refractivity (Wildman–Crippen MR) is 185 cm³/mol. The lowest BCUT2D eigenvalue weighted by molar-refractivity contribution is 0.102. The molecule has 4 aromatic carbocycles. The molecule has 0 aliphatic carbocycles. The Morgan fingerprint density at radius 1 is 0.766 bits per heavy atom. The predicted octanol–water partition coefficient (Wildman–Crippen LogP) is 6.34. The average molecular weight is 629 g/mol. The van der Waals surface area contributed by atoms with Gasteiger partial charge in [-0.15, -0.1) is 0 Å². The summed E-state index contributed by atoms with van der Waals surface area (Å²) < 4.78 is 19.1. The molecule has 2 N–H and O–H groups in total. The molecule has 9 nitrogen and oxygen atoms in total. The Kier molecular flexibility index (Phi) is 8.62. The maximum atomic E-state index is 13.3. The number of hydrogen-bond acceptors (Lipinski definition) is 7. The number of rotatable bonds is 9. The number of hydrogen-bond donors (Lipinski definition) is 2. The zero-order valence-electron chi connectivity index (χ0n) is 26.2. The number of carbonyl (C=O) groups excluding carboxylic acids is 1. The second-order valence-corrected chi connectivity index (χ2v) is 11.6. The van der Waals surface area contributed by atoms with Crippen molar-refractivity contribution in [3.05, 3.63) is 130 Å². The minimum atomic E-state index is -0.166. The van der Waals surface area contributed by atoms with Crippen LogP contribution >= 0.6 is 0 Å². The topological polar surface area (TPSA) is 94.1 Å². The highest BCUT2D eigenvalue weighted by Gasteiger charge is 2.20. The van der Waals surface area contributed by atoms with Crippen molar-refractivity contribution in [2.45, 2.75) is 13.0 Å². The highest BCUT2D eigenvalue weighted by molar-refractivity contribution is 6.12. The summed E-state index contributed by atoms with van der Waals surface area (Å²) in [7, 11) is 1.65. The molecule has 1 aromatic heterocycles. The van der Waals surface area contributed by atoms with E-state index in [9.17, 15) is 9.59 Å². The average Bonchev–Trinajstić information content (AvgIpc) is 3.25. The molecule has 0 atom stereocenters. The van der Waals surface area contributed by atoms with E-state index in [0.29, 0.717) is 25.1 Å². The molecule has 47 heavy (non-hydrogen) atoms. The first-order chi connectivity index (χ1) is 23.0. The molecule has 0 unspecified atom stereocenters. The molecule has 0 radical (unpaired) electrons. The van der Waals surface area contributed by atoms with E-state index in [0.717, 1.165) is 77.1 Å². The van der Waals surface area contributed by atoms with Gasteiger partial charge in [0.05, 0.1) is 56.1 Å². The van der Waals surface area contributed by atoms with E-state index in [1.807, 2.05) is 65.2 Å². The van der Waals surface area contributed by atoms with E-state index in [1.54, 1.807) is 31.6 Å². The highest BCUT2D eigenvalue weighted by Crippen LogP contribution is 2.36. The van der Waals surface area contributed by atoms with Crippen molar-refractivity contribution in [3.63, 3.8) is 0 Å². The highest BCUT2D eigenvalue weighted by atomic mass is 16.5. The smallest absolute Gasteiger partial charge is 0.257 e. The number of nitrogens with one attached hydrogen (secondary N) is 2. The first-order valence-corrected chi connectivity index (χ1v) is 15.8. The molecular formula is C38H36N4O5. The van der Waals surface area contributed by atoms with Crippen LogP contribution in [0.5, 0.6) is 11.5 Å². The van der Waals surface area contributed by atoms with Gasteiger partial charge in [-0.3, -0.25) is 9.59 Å². The fraction of sp³-hybridized carbons (Fsp3) is 0.211. The number of pyridine rings is 1. The first-order valence-electron chi connectivity index (χ1n) is 15.8. The van der Waals surface area contributed by atoms with Gasteiger partial charge in [-0.1, -0.05) is 24.3 Å². The van der Waals surface area contributed by atoms with Crippen molar-refractivity contribution in [2.75, 3.05) is 55.6 Å². The number of morpholine rings is 1. The maximum Gasteiger partial charge on any atom is 0.257 e. The minimum absolute atomic E-state index is 0.0240. The second-order valence-electron chi connectivity index (χ2n) is 11.6. The van der Waals surface area contributed by atoms with Gasteiger partial charge in [-0.25, -0.2) is 0 Å². The molecular weight excluding hydrogens is 592 g/mol. The van der Waals surface area contributed by atoms with E-state index >= 15 is 0 Å². The van der Waals surface area contributed by atoms with Crippen LogP contribution in [0.1, 0.15) is 21.5 Å². The third-order valence-electron chi connectivity index (χ3n) is 8.57. The Hall–Kier alpha value is -5.54. The van der Waals surface area contributed by atoms with Crippen LogP contribution in [0.4, 0.5) is 22.7 Å². The number of benzene rings is 4. The Balaban J connectivity index is 1.02. The number of carbonyl (C=O) groups is 1. The van der Waals surface area contributed by atoms with Crippen LogP contribution in [-0.4, -0.2) is 50.5 Å². The maximum absolute atomic E-state index is 13.3. The Morgan fingerprint density at radius 2 is 1.53 bits per heavy atom. The van der Waals surface area contributed by atoms with Gasteiger partial charge in [0.25, 0.3) is 5.91 Å². The number of methoxy groups -OCH3 is 1. The van der Waals surface area contributed by atoms with Crippen molar-refractivity contribution >= 4 is 28.7 Å². The van der Waals surface area contributed by atoms with Crippen LogP contribution in [0.2, 0.25) is 0 Å². The fourth-order valence-electron chi connectivity index (χ4n) is 5.98. The first kappa shape index (κ1) is 30.1. The lowest BCUT2D eigenvalue weighted by Crippen LogP contribution is -2.36. The number of anilines is 4. The van der Waals surface area contributed by atoms with Gasteiger partial charge in [0.1, 0.15) is 11.5 Å². The molecule has 1 saturated heterocycles. The molecule has 0 bridgehead atoms. The zero-order chi connectivity index (χ0) is 32.2. The van der Waals surface area contributed by atoms with E-state index in [2.05, 4.69) is 33.7 Å². The monoisotopic (exact) mass is 628 g/mol. The normalized spacial score (nSPS) is 13.9. The number of nitrogens with zero attached hydrogens (tertiary/aromatic N) is 2. The quantitative estimate of drug-likeness (QED) is 0.197. The Bertz CT molecular complexity index is 1940. The van der Waals surface area contributed by atoms with Crippen LogP contribution in [-0.2, 0) is 17.7 Å². The lowest BCUT2D eigenvalue weighted by Gasteiger charge is -2.28. The number of aromatic nitrogens is 1. The molecule has 1 fully saturated rings. The molecule has 2 aliphatic rings. The summed E-state index contributed by atoms with van der Waals surface area (Å²) in [6.07, 6.45) is 4.23. The van der Waals surface area contributed by atoms with Crippen LogP contribution in [0.3, 0.4) is 0 Å². The van der Waals surface area contributed by atoms with Gasteiger partial charge < -0.3 is 34.3 Å². The van der Waals surface area contributed by atoms with Crippen molar-refractivity contribution in [2.24, 2.45) is 0 Å². The summed E-state index contributed by atoms with van der Waals surface area (Å²) in [5.41, 5.74) is 7.98. The standard InChI is InChI=1S/C38H36N4O5/c1-45-37-24-28(3-4-29(37)25-41-15-12-31(43)13-16-41)27-5-10-33-35(23-27)39-34-11-2-26(22-36(34)40-38(33)44)14-19-47-32-8-6-30(7-9-32)42-17-20-46-21-18-42/h2-13,15-16,22-24,39H,14,17-21,25H2,1H3,(H,40,44). The van der Waals surface area contributed by atoms with E-state index in [4.69, 9.17) is 14.2 Å². The molecule has 0 saturated carbocycles. The van der Waals surface area contributed by atoms with E-state index < -0.39 is 0 Å². The van der Waals surface area contributed by atoms with Crippen LogP contribution in [0.15, 0.2) is 108 Å². The molecule has 3 heterocycles. The van der Waals surface area contributed by atoms with E-state index in [-0.39, 0.29) is 11.3 Å². The Labute approximate surface area is 273 Å². The van der Waals surface area contributed by atoms with Crippen LogP contribution in [0, 0.1) is 0 Å². The molecule has 1 amide bonds. The summed E-state index contributed by atoms with van der Waals surface area (Å²) >= 11 is 0. The molecule has 5 aromatic rings. The largest absolute Gasteiger partial charge is 0.496 e. The van der Waals surface area contributed by atoms with Gasteiger partial charge in [0, 0.05) is 55.3 Å². The lowest BCUT2D eigenvalue weighted by atomic mass is 10.00. The molecule has 9 heteroatoms. The number of fused-ring (bicyclic) bond motifs is 2. The van der Waals surface area contributed by atoms with Gasteiger partial charge in [0.2, 0.25) is 0 Å². The van der Waals surface area contributed by atoms with Crippen molar-refractivity contribution in [1.29, 1.82) is 0 Å². The summed E-state index contributed by atoms with van der Waals surface area (Å²) in [6, 6.07) is 29.2. The second kappa shape index (κ2) is 13.4. The van der Waals surface area contributed by atoms with Crippen molar-refractivity contribution in [1.82, 2.24) is 4.57 Å². The summed E-state index contributed by atoms with van der Waals surface area (Å²) in [5.74, 6) is 1.41. The van der Waals surface area contributed by atoms with Crippen LogP contribution < -0.4 is 30.4 Å². The van der Waals surface area contributed by atoms with Crippen LogP contribution in [0.25, 0.3) is 11.1 Å². The Morgan fingerprint density at radius 3 is 2.32 bits per heavy atom. The third-order valence-corrected chi connectivity index (χ3v) is 8.57. The molecule has 2 aliphatic heterocycles. The molecule has 7 rings (SSSR count). The van der Waals surface area contributed by atoms with E-state index in [1.165, 1.54) is 5.69 Å². The summed E-state index contributed by atoms with van der Waals surface area (Å²) in [4.78, 5) is 27.1. The molecule has 238 valence electrons. The number of amides is 1. The van der Waals surface area contributed by atoms with Gasteiger partial charge in [0.15, 0.2) is 5.43 Å². The number of ether oxygens (including phenoxy) is 3. The third kappa shape index (κ3) is 6.85. The van der Waals surface area contributed by atoms with Crippen molar-refractivity contribution in [3.8, 4) is 22.6 Å².